The standard InChI is InChI=1S/C22H27NO4/c1-4-13-14-7-5-6-8-23-16(17-9-11(2)21(24)26-17)10-15(19(14)23)18-12(3)22(25)27-20(13)18/h7,10-13,17-18,20H,4-6,8-9H2,1-3H3. The first-order valence-electron chi connectivity index (χ1n) is 10.4. The van der Waals surface area contributed by atoms with Crippen LogP contribution in [0.25, 0.3) is 5.57 Å². The molecule has 5 rings (SSSR count). The summed E-state index contributed by atoms with van der Waals surface area (Å²) in [6.07, 6.45) is 5.92. The number of hydrogen-bond donors (Lipinski definition) is 0. The summed E-state index contributed by atoms with van der Waals surface area (Å²) in [6.45, 7) is 7.05. The van der Waals surface area contributed by atoms with Gasteiger partial charge in [-0.2, -0.15) is 0 Å². The molecular weight excluding hydrogens is 342 g/mol. The van der Waals surface area contributed by atoms with Gasteiger partial charge >= 0.3 is 11.9 Å². The van der Waals surface area contributed by atoms with Crippen molar-refractivity contribution in [2.45, 2.75) is 71.1 Å². The molecule has 1 aromatic rings. The monoisotopic (exact) mass is 369 g/mol. The SMILES string of the molecule is CCC1C2=CCCCn3c(C4CC(C)C(=O)O4)cc(c32)C2C(C)C(=O)OC12. The lowest BCUT2D eigenvalue weighted by molar-refractivity contribution is -0.145. The Hall–Kier alpha value is -2.04. The molecule has 0 aromatic carbocycles. The van der Waals surface area contributed by atoms with Crippen LogP contribution in [0.3, 0.4) is 0 Å². The van der Waals surface area contributed by atoms with Crippen LogP contribution in [-0.4, -0.2) is 22.6 Å². The highest BCUT2D eigenvalue weighted by atomic mass is 16.6. The predicted octanol–water partition coefficient (Wildman–Crippen LogP) is 3.97. The van der Waals surface area contributed by atoms with Gasteiger partial charge in [-0.1, -0.05) is 26.8 Å². The number of carbonyl (C=O) groups excluding carboxylic acids is 2. The van der Waals surface area contributed by atoms with Crippen molar-refractivity contribution in [3.05, 3.63) is 29.1 Å². The van der Waals surface area contributed by atoms with Gasteiger partial charge in [0.1, 0.15) is 12.2 Å². The quantitative estimate of drug-likeness (QED) is 0.740. The number of aromatic nitrogens is 1. The molecule has 27 heavy (non-hydrogen) atoms. The summed E-state index contributed by atoms with van der Waals surface area (Å²) >= 11 is 0. The summed E-state index contributed by atoms with van der Waals surface area (Å²) in [5.41, 5.74) is 4.93. The number of carbonyl (C=O) groups is 2. The van der Waals surface area contributed by atoms with Crippen LogP contribution < -0.4 is 0 Å². The Kier molecular flexibility index (Phi) is 3.78. The number of nitrogens with zero attached hydrogens (tertiary/aromatic N) is 1. The summed E-state index contributed by atoms with van der Waals surface area (Å²) in [5.74, 6) is -0.0135. The van der Waals surface area contributed by atoms with Gasteiger partial charge in [0, 0.05) is 30.5 Å². The zero-order valence-corrected chi connectivity index (χ0v) is 16.2. The van der Waals surface area contributed by atoms with E-state index in [1.807, 2.05) is 13.8 Å². The molecule has 1 aromatic heterocycles. The first-order valence-corrected chi connectivity index (χ1v) is 10.4. The van der Waals surface area contributed by atoms with E-state index in [0.29, 0.717) is 0 Å². The van der Waals surface area contributed by atoms with Crippen LogP contribution in [0.2, 0.25) is 0 Å². The number of cyclic esters (lactones) is 1. The van der Waals surface area contributed by atoms with Crippen LogP contribution in [-0.2, 0) is 25.6 Å². The van der Waals surface area contributed by atoms with Gasteiger partial charge in [0.25, 0.3) is 0 Å². The van der Waals surface area contributed by atoms with Gasteiger partial charge in [0.05, 0.1) is 17.5 Å². The first kappa shape index (κ1) is 17.1. The second-order valence-electron chi connectivity index (χ2n) is 8.62. The highest BCUT2D eigenvalue weighted by Gasteiger charge is 2.52. The number of hydrogen-bond acceptors (Lipinski definition) is 4. The molecule has 144 valence electrons. The van der Waals surface area contributed by atoms with Crippen molar-refractivity contribution in [3.8, 4) is 0 Å². The zero-order valence-electron chi connectivity index (χ0n) is 16.2. The predicted molar refractivity (Wildman–Crippen MR) is 99.8 cm³/mol. The molecular formula is C22H27NO4. The maximum atomic E-state index is 12.4. The third kappa shape index (κ3) is 2.29. The van der Waals surface area contributed by atoms with Crippen LogP contribution >= 0.6 is 0 Å². The fourth-order valence-corrected chi connectivity index (χ4v) is 5.66. The molecule has 2 saturated heterocycles. The highest BCUT2D eigenvalue weighted by Crippen LogP contribution is 2.54. The van der Waals surface area contributed by atoms with Gasteiger partial charge in [-0.15, -0.1) is 0 Å². The summed E-state index contributed by atoms with van der Waals surface area (Å²) in [7, 11) is 0. The second-order valence-corrected chi connectivity index (χ2v) is 8.62. The molecule has 3 aliphatic heterocycles. The Morgan fingerprint density at radius 3 is 2.70 bits per heavy atom. The molecule has 5 heteroatoms. The van der Waals surface area contributed by atoms with Crippen LogP contribution in [0, 0.1) is 17.8 Å². The van der Waals surface area contributed by atoms with E-state index in [9.17, 15) is 9.59 Å². The summed E-state index contributed by atoms with van der Waals surface area (Å²) in [6, 6.07) is 2.21. The van der Waals surface area contributed by atoms with E-state index in [4.69, 9.17) is 9.47 Å². The third-order valence-corrected chi connectivity index (χ3v) is 7.05. The average molecular weight is 369 g/mol. The summed E-state index contributed by atoms with van der Waals surface area (Å²) in [4.78, 5) is 24.4. The van der Waals surface area contributed by atoms with Crippen LogP contribution in [0.1, 0.15) is 75.4 Å². The van der Waals surface area contributed by atoms with Gasteiger partial charge in [-0.05, 0) is 36.5 Å². The van der Waals surface area contributed by atoms with Gasteiger partial charge in [-0.25, -0.2) is 0 Å². The highest BCUT2D eigenvalue weighted by molar-refractivity contribution is 5.82. The van der Waals surface area contributed by atoms with E-state index < -0.39 is 0 Å². The molecule has 0 amide bonds. The lowest BCUT2D eigenvalue weighted by Crippen LogP contribution is -2.32. The number of esters is 2. The van der Waals surface area contributed by atoms with Crippen LogP contribution in [0.15, 0.2) is 12.1 Å². The number of allylic oxidation sites excluding steroid dienone is 1. The Balaban J connectivity index is 1.69. The molecule has 0 N–H and O–H groups in total. The lowest BCUT2D eigenvalue weighted by Gasteiger charge is -2.35. The minimum absolute atomic E-state index is 0.0537. The molecule has 0 radical (unpaired) electrons. The van der Waals surface area contributed by atoms with E-state index in [1.165, 1.54) is 16.8 Å². The average Bonchev–Trinajstić information content (AvgIpc) is 3.20. The fraction of sp³-hybridized carbons (Fsp3) is 0.636. The van der Waals surface area contributed by atoms with Gasteiger partial charge in [-0.3, -0.25) is 9.59 Å². The Bertz CT molecular complexity index is 851. The minimum atomic E-state index is -0.177. The Labute approximate surface area is 159 Å². The molecule has 0 saturated carbocycles. The maximum absolute atomic E-state index is 12.4. The van der Waals surface area contributed by atoms with Crippen molar-refractivity contribution in [2.24, 2.45) is 17.8 Å². The molecule has 2 fully saturated rings. The molecule has 1 aliphatic carbocycles. The van der Waals surface area contributed by atoms with Crippen molar-refractivity contribution < 1.29 is 19.1 Å². The zero-order chi connectivity index (χ0) is 18.9. The van der Waals surface area contributed by atoms with E-state index >= 15 is 0 Å². The molecule has 0 bridgehead atoms. The van der Waals surface area contributed by atoms with Gasteiger partial charge < -0.3 is 14.0 Å². The van der Waals surface area contributed by atoms with Crippen molar-refractivity contribution in [1.82, 2.24) is 4.57 Å². The molecule has 0 spiro atoms. The summed E-state index contributed by atoms with van der Waals surface area (Å²) < 4.78 is 14.0. The molecule has 4 heterocycles. The number of rotatable bonds is 2. The maximum Gasteiger partial charge on any atom is 0.309 e. The van der Waals surface area contributed by atoms with Crippen molar-refractivity contribution in [2.75, 3.05) is 0 Å². The third-order valence-electron chi connectivity index (χ3n) is 7.05. The molecule has 6 unspecified atom stereocenters. The van der Waals surface area contributed by atoms with E-state index in [0.717, 1.165) is 37.9 Å². The van der Waals surface area contributed by atoms with Crippen LogP contribution in [0.4, 0.5) is 0 Å². The van der Waals surface area contributed by atoms with E-state index in [-0.39, 0.29) is 47.8 Å². The largest absolute Gasteiger partial charge is 0.461 e. The molecule has 6 atom stereocenters. The normalized spacial score (nSPS) is 37.2. The molecule has 5 nitrogen and oxygen atoms in total. The number of ether oxygens (including phenoxy) is 2. The van der Waals surface area contributed by atoms with Crippen molar-refractivity contribution in [3.63, 3.8) is 0 Å². The van der Waals surface area contributed by atoms with Gasteiger partial charge in [0.15, 0.2) is 0 Å². The Morgan fingerprint density at radius 1 is 1.19 bits per heavy atom. The number of fused-ring (bicyclic) bond motifs is 2. The fourth-order valence-electron chi connectivity index (χ4n) is 5.66. The smallest absolute Gasteiger partial charge is 0.309 e. The van der Waals surface area contributed by atoms with Crippen LogP contribution in [0.5, 0.6) is 0 Å². The second kappa shape index (κ2) is 5.98. The van der Waals surface area contributed by atoms with Crippen molar-refractivity contribution >= 4 is 17.5 Å². The Morgan fingerprint density at radius 2 is 2.00 bits per heavy atom. The van der Waals surface area contributed by atoms with Gasteiger partial charge in [0.2, 0.25) is 0 Å². The summed E-state index contributed by atoms with van der Waals surface area (Å²) in [5, 5.41) is 0. The van der Waals surface area contributed by atoms with E-state index in [2.05, 4.69) is 23.6 Å². The van der Waals surface area contributed by atoms with Crippen molar-refractivity contribution in [1.29, 1.82) is 0 Å². The first-order chi connectivity index (χ1) is 13.0. The topological polar surface area (TPSA) is 57.5 Å². The molecule has 4 aliphatic rings. The minimum Gasteiger partial charge on any atom is -0.461 e. The van der Waals surface area contributed by atoms with E-state index in [1.54, 1.807) is 0 Å². The lowest BCUT2D eigenvalue weighted by atomic mass is 9.70.